The number of ether oxygens (including phenoxy) is 1. The van der Waals surface area contributed by atoms with Crippen LogP contribution in [0.3, 0.4) is 0 Å². The van der Waals surface area contributed by atoms with E-state index in [0.717, 1.165) is 22.4 Å². The predicted octanol–water partition coefficient (Wildman–Crippen LogP) is 2.67. The first-order valence-corrected chi connectivity index (χ1v) is 6.98. The van der Waals surface area contributed by atoms with E-state index in [4.69, 9.17) is 22.7 Å². The highest BCUT2D eigenvalue weighted by Gasteiger charge is 2.07. The van der Waals surface area contributed by atoms with Crippen molar-refractivity contribution in [2.24, 2.45) is 5.73 Å². The molecule has 2 rings (SSSR count). The van der Waals surface area contributed by atoms with Crippen LogP contribution in [0.5, 0.6) is 5.75 Å². The number of thiocarbonyl (C=S) groups is 1. The van der Waals surface area contributed by atoms with Gasteiger partial charge in [-0.1, -0.05) is 28.1 Å². The van der Waals surface area contributed by atoms with Gasteiger partial charge in [-0.05, 0) is 25.1 Å². The molecule has 0 radical (unpaired) electrons. The number of imidazole rings is 1. The van der Waals surface area contributed by atoms with Gasteiger partial charge in [0, 0.05) is 16.9 Å². The van der Waals surface area contributed by atoms with Crippen molar-refractivity contribution in [2.45, 2.75) is 13.5 Å². The fourth-order valence-electron chi connectivity index (χ4n) is 1.71. The molecule has 6 heteroatoms. The number of hydrogen-bond acceptors (Lipinski definition) is 3. The number of aryl methyl sites for hydroxylation is 1. The first kappa shape index (κ1) is 14.0. The molecule has 0 saturated heterocycles. The van der Waals surface area contributed by atoms with Gasteiger partial charge in [0.2, 0.25) is 0 Å². The van der Waals surface area contributed by atoms with Gasteiger partial charge < -0.3 is 15.0 Å². The number of nitrogens with two attached hydrogens (primary N) is 1. The summed E-state index contributed by atoms with van der Waals surface area (Å²) >= 11 is 8.41. The Hall–Kier alpha value is -1.40. The van der Waals surface area contributed by atoms with Gasteiger partial charge in [-0.3, -0.25) is 0 Å². The molecule has 1 heterocycles. The minimum absolute atomic E-state index is 0.329. The van der Waals surface area contributed by atoms with E-state index >= 15 is 0 Å². The molecule has 0 bridgehead atoms. The standard InChI is InChI=1S/C13H14BrN3OS/c1-9-16-4-5-17(9)6-7-18-12-3-2-10(14)8-11(12)13(15)19/h2-5,8H,6-7H2,1H3,(H2,15,19). The van der Waals surface area contributed by atoms with E-state index in [1.54, 1.807) is 6.20 Å². The van der Waals surface area contributed by atoms with Crippen LogP contribution in [-0.4, -0.2) is 21.1 Å². The Morgan fingerprint density at radius 1 is 1.53 bits per heavy atom. The lowest BCUT2D eigenvalue weighted by atomic mass is 10.2. The Labute approximate surface area is 125 Å². The minimum atomic E-state index is 0.329. The second-order valence-corrected chi connectivity index (χ2v) is 5.38. The van der Waals surface area contributed by atoms with E-state index in [2.05, 4.69) is 20.9 Å². The summed E-state index contributed by atoms with van der Waals surface area (Å²) < 4.78 is 8.70. The van der Waals surface area contributed by atoms with Gasteiger partial charge in [0.15, 0.2) is 0 Å². The fraction of sp³-hybridized carbons (Fsp3) is 0.231. The summed E-state index contributed by atoms with van der Waals surface area (Å²) in [6, 6.07) is 5.62. The van der Waals surface area contributed by atoms with Crippen molar-refractivity contribution < 1.29 is 4.74 Å². The van der Waals surface area contributed by atoms with E-state index in [0.29, 0.717) is 17.3 Å². The normalized spacial score (nSPS) is 10.4. The lowest BCUT2D eigenvalue weighted by Gasteiger charge is -2.12. The first-order valence-electron chi connectivity index (χ1n) is 5.78. The molecule has 0 fully saturated rings. The number of hydrogen-bond donors (Lipinski definition) is 1. The Bertz CT molecular complexity index is 597. The van der Waals surface area contributed by atoms with Crippen LogP contribution in [0.15, 0.2) is 35.1 Å². The van der Waals surface area contributed by atoms with Gasteiger partial charge in [-0.25, -0.2) is 4.98 Å². The number of benzene rings is 1. The van der Waals surface area contributed by atoms with Crippen molar-refractivity contribution in [1.29, 1.82) is 0 Å². The molecule has 2 N–H and O–H groups in total. The zero-order valence-corrected chi connectivity index (χ0v) is 12.9. The van der Waals surface area contributed by atoms with Crippen LogP contribution in [0, 0.1) is 6.92 Å². The van der Waals surface area contributed by atoms with Crippen LogP contribution < -0.4 is 10.5 Å². The summed E-state index contributed by atoms with van der Waals surface area (Å²) in [7, 11) is 0. The van der Waals surface area contributed by atoms with Crippen LogP contribution in [0.1, 0.15) is 11.4 Å². The lowest BCUT2D eigenvalue weighted by molar-refractivity contribution is 0.296. The molecule has 1 aromatic heterocycles. The molecule has 100 valence electrons. The van der Waals surface area contributed by atoms with Crippen molar-refractivity contribution in [3.05, 3.63) is 46.5 Å². The van der Waals surface area contributed by atoms with Crippen LogP contribution in [-0.2, 0) is 6.54 Å². The van der Waals surface area contributed by atoms with Gasteiger partial charge in [-0.2, -0.15) is 0 Å². The van der Waals surface area contributed by atoms with Crippen LogP contribution in [0.25, 0.3) is 0 Å². The van der Waals surface area contributed by atoms with Crippen LogP contribution >= 0.6 is 28.1 Å². The zero-order valence-electron chi connectivity index (χ0n) is 10.5. The lowest BCUT2D eigenvalue weighted by Crippen LogP contribution is -2.14. The third-order valence-electron chi connectivity index (χ3n) is 2.72. The zero-order chi connectivity index (χ0) is 13.8. The summed E-state index contributed by atoms with van der Waals surface area (Å²) in [5, 5.41) is 0. The average Bonchev–Trinajstić information content (AvgIpc) is 2.77. The molecule has 0 saturated carbocycles. The van der Waals surface area contributed by atoms with Gasteiger partial charge >= 0.3 is 0 Å². The van der Waals surface area contributed by atoms with Crippen molar-refractivity contribution in [3.8, 4) is 5.75 Å². The van der Waals surface area contributed by atoms with Crippen LogP contribution in [0.2, 0.25) is 0 Å². The molecule has 0 spiro atoms. The molecule has 0 amide bonds. The number of aromatic nitrogens is 2. The molecule has 0 aliphatic carbocycles. The van der Waals surface area contributed by atoms with E-state index in [-0.39, 0.29) is 0 Å². The number of nitrogens with zero attached hydrogens (tertiary/aromatic N) is 2. The second-order valence-electron chi connectivity index (χ2n) is 4.02. The predicted molar refractivity (Wildman–Crippen MR) is 82.5 cm³/mol. The molecular weight excluding hydrogens is 326 g/mol. The molecule has 19 heavy (non-hydrogen) atoms. The smallest absolute Gasteiger partial charge is 0.129 e. The average molecular weight is 340 g/mol. The molecule has 1 aromatic carbocycles. The minimum Gasteiger partial charge on any atom is -0.491 e. The van der Waals surface area contributed by atoms with Crippen molar-refractivity contribution in [3.63, 3.8) is 0 Å². The van der Waals surface area contributed by atoms with Crippen LogP contribution in [0.4, 0.5) is 0 Å². The van der Waals surface area contributed by atoms with Gasteiger partial charge in [0.25, 0.3) is 0 Å². The fourth-order valence-corrected chi connectivity index (χ4v) is 2.24. The summed E-state index contributed by atoms with van der Waals surface area (Å²) in [5.41, 5.74) is 6.43. The van der Waals surface area contributed by atoms with Crippen molar-refractivity contribution >= 4 is 33.1 Å². The monoisotopic (exact) mass is 339 g/mol. The SMILES string of the molecule is Cc1nccn1CCOc1ccc(Br)cc1C(N)=S. The molecule has 4 nitrogen and oxygen atoms in total. The van der Waals surface area contributed by atoms with Gasteiger partial charge in [0.05, 0.1) is 12.1 Å². The van der Waals surface area contributed by atoms with Gasteiger partial charge in [-0.15, -0.1) is 0 Å². The second kappa shape index (κ2) is 6.16. The topological polar surface area (TPSA) is 53.1 Å². The third-order valence-corrected chi connectivity index (χ3v) is 3.43. The Morgan fingerprint density at radius 2 is 2.32 bits per heavy atom. The van der Waals surface area contributed by atoms with E-state index < -0.39 is 0 Å². The number of halogens is 1. The Kier molecular flexibility index (Phi) is 4.55. The summed E-state index contributed by atoms with van der Waals surface area (Å²) in [6.45, 7) is 3.23. The van der Waals surface area contributed by atoms with Crippen molar-refractivity contribution in [1.82, 2.24) is 9.55 Å². The third kappa shape index (κ3) is 3.54. The van der Waals surface area contributed by atoms with Crippen molar-refractivity contribution in [2.75, 3.05) is 6.61 Å². The highest BCUT2D eigenvalue weighted by atomic mass is 79.9. The maximum absolute atomic E-state index is 5.74. The maximum Gasteiger partial charge on any atom is 0.129 e. The Morgan fingerprint density at radius 3 is 2.95 bits per heavy atom. The summed E-state index contributed by atoms with van der Waals surface area (Å²) in [6.07, 6.45) is 3.70. The molecule has 2 aromatic rings. The van der Waals surface area contributed by atoms with E-state index in [1.165, 1.54) is 0 Å². The molecule has 0 aliphatic heterocycles. The Balaban J connectivity index is 2.03. The number of rotatable bonds is 5. The quantitative estimate of drug-likeness (QED) is 0.851. The summed E-state index contributed by atoms with van der Waals surface area (Å²) in [5.74, 6) is 1.67. The maximum atomic E-state index is 5.74. The highest BCUT2D eigenvalue weighted by molar-refractivity contribution is 9.10. The molecule has 0 atom stereocenters. The highest BCUT2D eigenvalue weighted by Crippen LogP contribution is 2.23. The van der Waals surface area contributed by atoms with E-state index in [1.807, 2.05) is 35.9 Å². The largest absolute Gasteiger partial charge is 0.491 e. The first-order chi connectivity index (χ1) is 9.08. The molecular formula is C13H14BrN3OS. The summed E-state index contributed by atoms with van der Waals surface area (Å²) in [4.78, 5) is 4.49. The van der Waals surface area contributed by atoms with Gasteiger partial charge in [0.1, 0.15) is 23.2 Å². The van der Waals surface area contributed by atoms with E-state index in [9.17, 15) is 0 Å². The molecule has 0 unspecified atom stereocenters. The molecule has 0 aliphatic rings.